The molecule has 6 heteroatoms. The second kappa shape index (κ2) is 7.26. The van der Waals surface area contributed by atoms with Gasteiger partial charge in [0.1, 0.15) is 5.75 Å². The Bertz CT molecular complexity index is 515. The molecule has 1 N–H and O–H groups in total. The molecule has 0 atom stereocenters. The molecular weight excluding hydrogens is 330 g/mol. The lowest BCUT2D eigenvalue weighted by atomic mass is 10.3. The molecule has 4 nitrogen and oxygen atoms in total. The van der Waals surface area contributed by atoms with Gasteiger partial charge in [0, 0.05) is 12.1 Å². The molecule has 0 heterocycles. The molecular formula is C13H20BrNO3S. The summed E-state index contributed by atoms with van der Waals surface area (Å²) in [4.78, 5) is 0.218. The van der Waals surface area contributed by atoms with Gasteiger partial charge >= 0.3 is 0 Å². The van der Waals surface area contributed by atoms with Gasteiger partial charge in [0.25, 0.3) is 0 Å². The number of ether oxygens (including phenoxy) is 1. The normalized spacial score (nSPS) is 11.8. The zero-order valence-corrected chi connectivity index (χ0v) is 13.8. The highest BCUT2D eigenvalue weighted by Crippen LogP contribution is 2.28. The van der Waals surface area contributed by atoms with E-state index in [1.54, 1.807) is 32.0 Å². The highest BCUT2D eigenvalue weighted by atomic mass is 79.9. The predicted octanol–water partition coefficient (Wildman–Crippen LogP) is 3.31. The van der Waals surface area contributed by atoms with Gasteiger partial charge in [-0.25, -0.2) is 13.1 Å². The summed E-state index contributed by atoms with van der Waals surface area (Å²) in [5.74, 6) is 0.556. The quantitative estimate of drug-likeness (QED) is 0.768. The molecule has 0 spiro atoms. The maximum absolute atomic E-state index is 12.1. The molecule has 0 unspecified atom stereocenters. The Morgan fingerprint density at radius 1 is 1.37 bits per heavy atom. The van der Waals surface area contributed by atoms with E-state index in [1.165, 1.54) is 0 Å². The van der Waals surface area contributed by atoms with Crippen molar-refractivity contribution in [1.82, 2.24) is 4.72 Å². The topological polar surface area (TPSA) is 55.4 Å². The van der Waals surface area contributed by atoms with Crippen LogP contribution in [0.1, 0.15) is 33.6 Å². The van der Waals surface area contributed by atoms with Crippen LogP contribution in [-0.2, 0) is 10.0 Å². The molecule has 19 heavy (non-hydrogen) atoms. The van der Waals surface area contributed by atoms with Crippen LogP contribution >= 0.6 is 15.9 Å². The van der Waals surface area contributed by atoms with Crippen LogP contribution in [0.3, 0.4) is 0 Å². The molecule has 1 rings (SSSR count). The molecule has 0 aromatic heterocycles. The second-order valence-electron chi connectivity index (χ2n) is 4.57. The molecule has 0 aliphatic carbocycles. The van der Waals surface area contributed by atoms with Crippen molar-refractivity contribution in [3.63, 3.8) is 0 Å². The van der Waals surface area contributed by atoms with E-state index >= 15 is 0 Å². The maximum Gasteiger partial charge on any atom is 0.240 e. The molecule has 0 aliphatic heterocycles. The molecule has 0 saturated carbocycles. The predicted molar refractivity (Wildman–Crippen MR) is 80.0 cm³/mol. The van der Waals surface area contributed by atoms with Crippen molar-refractivity contribution in [3.05, 3.63) is 22.7 Å². The van der Waals surface area contributed by atoms with E-state index in [1.807, 2.05) is 0 Å². The van der Waals surface area contributed by atoms with Crippen molar-refractivity contribution in [2.45, 2.75) is 44.6 Å². The Labute approximate surface area is 123 Å². The number of nitrogens with one attached hydrogen (secondary N) is 1. The largest absolute Gasteiger partial charge is 0.492 e. The fraction of sp³-hybridized carbons (Fsp3) is 0.538. The van der Waals surface area contributed by atoms with Gasteiger partial charge in [0.15, 0.2) is 0 Å². The Balaban J connectivity index is 2.95. The van der Waals surface area contributed by atoms with Crippen LogP contribution in [0.25, 0.3) is 0 Å². The minimum Gasteiger partial charge on any atom is -0.492 e. The summed E-state index contributed by atoms with van der Waals surface area (Å²) in [6, 6.07) is 4.65. The molecule has 0 aliphatic rings. The number of hydrogen-bond acceptors (Lipinski definition) is 3. The summed E-state index contributed by atoms with van der Waals surface area (Å²) in [7, 11) is -3.48. The average molecular weight is 350 g/mol. The summed E-state index contributed by atoms with van der Waals surface area (Å²) in [5.41, 5.74) is 0. The van der Waals surface area contributed by atoms with Gasteiger partial charge in [-0.2, -0.15) is 0 Å². The average Bonchev–Trinajstić information content (AvgIpc) is 2.30. The van der Waals surface area contributed by atoms with Crippen LogP contribution in [0.2, 0.25) is 0 Å². The van der Waals surface area contributed by atoms with E-state index in [0.29, 0.717) is 12.4 Å². The van der Waals surface area contributed by atoms with Crippen LogP contribution in [0.5, 0.6) is 5.75 Å². The van der Waals surface area contributed by atoms with Crippen LogP contribution < -0.4 is 9.46 Å². The van der Waals surface area contributed by atoms with Crippen molar-refractivity contribution in [2.24, 2.45) is 0 Å². The molecule has 0 bridgehead atoms. The molecule has 108 valence electrons. The van der Waals surface area contributed by atoms with Gasteiger partial charge in [-0.1, -0.05) is 13.3 Å². The number of hydrogen-bond donors (Lipinski definition) is 1. The molecule has 0 fully saturated rings. The first-order valence-electron chi connectivity index (χ1n) is 6.31. The lowest BCUT2D eigenvalue weighted by Gasteiger charge is -2.12. The number of rotatable bonds is 7. The number of unbranched alkanes of at least 4 members (excludes halogenated alkanes) is 1. The smallest absolute Gasteiger partial charge is 0.240 e. The van der Waals surface area contributed by atoms with Gasteiger partial charge in [-0.15, -0.1) is 0 Å². The summed E-state index contributed by atoms with van der Waals surface area (Å²) in [6.45, 7) is 6.23. The second-order valence-corrected chi connectivity index (χ2v) is 7.14. The minimum atomic E-state index is -3.48. The summed E-state index contributed by atoms with van der Waals surface area (Å²) in [6.07, 6.45) is 1.97. The fourth-order valence-electron chi connectivity index (χ4n) is 1.47. The van der Waals surface area contributed by atoms with E-state index in [0.717, 1.165) is 17.3 Å². The van der Waals surface area contributed by atoms with Crippen LogP contribution in [-0.4, -0.2) is 21.1 Å². The third-order valence-corrected chi connectivity index (χ3v) is 4.67. The lowest BCUT2D eigenvalue weighted by Crippen LogP contribution is -2.30. The van der Waals surface area contributed by atoms with Gasteiger partial charge in [0.05, 0.1) is 16.0 Å². The zero-order valence-electron chi connectivity index (χ0n) is 11.4. The summed E-state index contributed by atoms with van der Waals surface area (Å²) in [5, 5.41) is 0. The molecule has 1 aromatic carbocycles. The van der Waals surface area contributed by atoms with Gasteiger partial charge < -0.3 is 4.74 Å². The Morgan fingerprint density at radius 3 is 2.63 bits per heavy atom. The molecule has 0 saturated heterocycles. The number of sulfonamides is 1. The van der Waals surface area contributed by atoms with E-state index < -0.39 is 10.0 Å². The number of benzene rings is 1. The van der Waals surface area contributed by atoms with Gasteiger partial charge in [-0.05, 0) is 48.3 Å². The van der Waals surface area contributed by atoms with Crippen LogP contribution in [0.4, 0.5) is 0 Å². The first kappa shape index (κ1) is 16.5. The van der Waals surface area contributed by atoms with E-state index in [-0.39, 0.29) is 10.9 Å². The third kappa shape index (κ3) is 5.12. The summed E-state index contributed by atoms with van der Waals surface area (Å²) >= 11 is 3.36. The van der Waals surface area contributed by atoms with Crippen molar-refractivity contribution < 1.29 is 13.2 Å². The lowest BCUT2D eigenvalue weighted by molar-refractivity contribution is 0.306. The van der Waals surface area contributed by atoms with Crippen LogP contribution in [0, 0.1) is 0 Å². The van der Waals surface area contributed by atoms with E-state index in [4.69, 9.17) is 4.74 Å². The highest BCUT2D eigenvalue weighted by molar-refractivity contribution is 9.10. The first-order valence-corrected chi connectivity index (χ1v) is 8.59. The van der Waals surface area contributed by atoms with Crippen molar-refractivity contribution in [3.8, 4) is 5.75 Å². The monoisotopic (exact) mass is 349 g/mol. The van der Waals surface area contributed by atoms with E-state index in [2.05, 4.69) is 27.6 Å². The molecule has 0 radical (unpaired) electrons. The molecule has 0 amide bonds. The third-order valence-electron chi connectivity index (χ3n) is 2.36. The highest BCUT2D eigenvalue weighted by Gasteiger charge is 2.17. The van der Waals surface area contributed by atoms with Crippen LogP contribution in [0.15, 0.2) is 27.6 Å². The molecule has 1 aromatic rings. The summed E-state index contributed by atoms with van der Waals surface area (Å²) < 4.78 is 33.0. The zero-order chi connectivity index (χ0) is 14.5. The Morgan fingerprint density at radius 2 is 2.05 bits per heavy atom. The number of halogens is 1. The van der Waals surface area contributed by atoms with Gasteiger partial charge in [-0.3, -0.25) is 0 Å². The Kier molecular flexibility index (Phi) is 6.29. The van der Waals surface area contributed by atoms with Crippen molar-refractivity contribution in [2.75, 3.05) is 6.61 Å². The SMILES string of the molecule is CCCCOc1cc(S(=O)(=O)NC(C)C)ccc1Br. The first-order chi connectivity index (χ1) is 8.86. The maximum atomic E-state index is 12.1. The fourth-order valence-corrected chi connectivity index (χ4v) is 3.09. The van der Waals surface area contributed by atoms with Crippen molar-refractivity contribution >= 4 is 26.0 Å². The van der Waals surface area contributed by atoms with E-state index in [9.17, 15) is 8.42 Å². The van der Waals surface area contributed by atoms with Gasteiger partial charge in [0.2, 0.25) is 10.0 Å². The Hall–Kier alpha value is -0.590. The van der Waals surface area contributed by atoms with Crippen molar-refractivity contribution in [1.29, 1.82) is 0 Å². The standard InChI is InChI=1S/C13H20BrNO3S/c1-4-5-8-18-13-9-11(6-7-12(13)14)19(16,17)15-10(2)3/h6-7,9-10,15H,4-5,8H2,1-3H3. The minimum absolute atomic E-state index is 0.141.